The number of hydrogen-bond acceptors (Lipinski definition) is 3. The molecule has 1 rings (SSSR count). The largest absolute Gasteiger partial charge is 0.494 e. The molecule has 17 heavy (non-hydrogen) atoms. The van der Waals surface area contributed by atoms with Gasteiger partial charge in [-0.3, -0.25) is 4.79 Å². The van der Waals surface area contributed by atoms with Gasteiger partial charge in [-0.25, -0.2) is 4.39 Å². The lowest BCUT2D eigenvalue weighted by atomic mass is 10.2. The minimum Gasteiger partial charge on any atom is -0.494 e. The predicted molar refractivity (Wildman–Crippen MR) is 66.0 cm³/mol. The summed E-state index contributed by atoms with van der Waals surface area (Å²) in [4.78, 5) is 10.9. The van der Waals surface area contributed by atoms with Crippen molar-refractivity contribution in [3.8, 4) is 5.75 Å². The number of carboxylic acid groups (broad SMARTS) is 1. The van der Waals surface area contributed by atoms with Crippen LogP contribution < -0.4 is 4.74 Å². The zero-order valence-corrected chi connectivity index (χ0v) is 10.8. The van der Waals surface area contributed by atoms with Crippen molar-refractivity contribution in [1.29, 1.82) is 0 Å². The van der Waals surface area contributed by atoms with Crippen molar-refractivity contribution in [2.45, 2.75) is 24.3 Å². The van der Waals surface area contributed by atoms with Crippen LogP contribution in [-0.4, -0.2) is 22.9 Å². The van der Waals surface area contributed by atoms with Crippen molar-refractivity contribution in [3.05, 3.63) is 29.6 Å². The van der Waals surface area contributed by atoms with Gasteiger partial charge in [0.1, 0.15) is 4.75 Å². The maximum Gasteiger partial charge on any atom is 0.319 e. The third-order valence-corrected chi connectivity index (χ3v) is 3.70. The van der Waals surface area contributed by atoms with Crippen LogP contribution in [-0.2, 0) is 10.5 Å². The molecule has 0 saturated heterocycles. The van der Waals surface area contributed by atoms with Crippen LogP contribution in [0.2, 0.25) is 0 Å². The molecule has 1 N–H and O–H groups in total. The van der Waals surface area contributed by atoms with Crippen LogP contribution in [0.5, 0.6) is 5.75 Å². The Morgan fingerprint density at radius 1 is 1.53 bits per heavy atom. The Labute approximate surface area is 104 Å². The monoisotopic (exact) mass is 258 g/mol. The summed E-state index contributed by atoms with van der Waals surface area (Å²) >= 11 is 1.26. The minimum atomic E-state index is -0.879. The minimum absolute atomic E-state index is 0.191. The van der Waals surface area contributed by atoms with Crippen molar-refractivity contribution in [1.82, 2.24) is 0 Å². The molecular weight excluding hydrogens is 243 g/mol. The van der Waals surface area contributed by atoms with Crippen molar-refractivity contribution >= 4 is 17.7 Å². The summed E-state index contributed by atoms with van der Waals surface area (Å²) < 4.78 is 17.3. The molecular formula is C12H15FO3S. The van der Waals surface area contributed by atoms with E-state index >= 15 is 0 Å². The van der Waals surface area contributed by atoms with E-state index in [-0.39, 0.29) is 5.75 Å². The fraction of sp³-hybridized carbons (Fsp3) is 0.417. The summed E-state index contributed by atoms with van der Waals surface area (Å²) in [5.74, 6) is -0.674. The second-order valence-corrected chi connectivity index (χ2v) is 5.67. The van der Waals surface area contributed by atoms with E-state index in [0.717, 1.165) is 5.56 Å². The lowest BCUT2D eigenvalue weighted by molar-refractivity contribution is -0.138. The summed E-state index contributed by atoms with van der Waals surface area (Å²) in [6.45, 7) is 3.25. The fourth-order valence-corrected chi connectivity index (χ4v) is 1.96. The van der Waals surface area contributed by atoms with Gasteiger partial charge >= 0.3 is 5.97 Å². The zero-order chi connectivity index (χ0) is 13.1. The first-order valence-corrected chi connectivity index (χ1v) is 6.05. The Morgan fingerprint density at radius 3 is 2.65 bits per heavy atom. The number of rotatable bonds is 5. The molecule has 0 fully saturated rings. The van der Waals surface area contributed by atoms with Gasteiger partial charge in [0.15, 0.2) is 11.6 Å². The van der Waals surface area contributed by atoms with Crippen molar-refractivity contribution < 1.29 is 19.0 Å². The number of benzene rings is 1. The molecule has 0 heterocycles. The van der Waals surface area contributed by atoms with Gasteiger partial charge in [0, 0.05) is 5.75 Å². The Morgan fingerprint density at radius 2 is 2.18 bits per heavy atom. The van der Waals surface area contributed by atoms with Crippen LogP contribution >= 0.6 is 11.8 Å². The average Bonchev–Trinajstić information content (AvgIpc) is 2.26. The highest BCUT2D eigenvalue weighted by atomic mass is 32.2. The van der Waals surface area contributed by atoms with Gasteiger partial charge in [0.05, 0.1) is 7.11 Å². The maximum atomic E-state index is 13.4. The number of carboxylic acids is 1. The van der Waals surface area contributed by atoms with E-state index in [1.54, 1.807) is 26.0 Å². The predicted octanol–water partition coefficient (Wildman–Crippen LogP) is 2.93. The number of hydrogen-bond donors (Lipinski definition) is 1. The van der Waals surface area contributed by atoms with Gasteiger partial charge in [0.25, 0.3) is 0 Å². The molecule has 5 heteroatoms. The van der Waals surface area contributed by atoms with Crippen LogP contribution in [0.15, 0.2) is 18.2 Å². The highest BCUT2D eigenvalue weighted by Gasteiger charge is 2.27. The first-order valence-electron chi connectivity index (χ1n) is 5.06. The van der Waals surface area contributed by atoms with Gasteiger partial charge in [-0.2, -0.15) is 0 Å². The summed E-state index contributed by atoms with van der Waals surface area (Å²) in [5, 5.41) is 8.94. The van der Waals surface area contributed by atoms with E-state index in [2.05, 4.69) is 0 Å². The molecule has 0 aliphatic carbocycles. The van der Waals surface area contributed by atoms with Gasteiger partial charge in [-0.1, -0.05) is 6.07 Å². The number of carbonyl (C=O) groups is 1. The molecule has 0 atom stereocenters. The van der Waals surface area contributed by atoms with E-state index in [1.165, 1.54) is 24.9 Å². The number of halogens is 1. The van der Waals surface area contributed by atoms with Gasteiger partial charge in [0.2, 0.25) is 0 Å². The lowest BCUT2D eigenvalue weighted by Crippen LogP contribution is -2.27. The van der Waals surface area contributed by atoms with E-state index in [9.17, 15) is 9.18 Å². The smallest absolute Gasteiger partial charge is 0.319 e. The van der Waals surface area contributed by atoms with E-state index < -0.39 is 16.5 Å². The number of aliphatic carboxylic acids is 1. The van der Waals surface area contributed by atoms with E-state index in [4.69, 9.17) is 9.84 Å². The quantitative estimate of drug-likeness (QED) is 0.882. The van der Waals surface area contributed by atoms with E-state index in [1.807, 2.05) is 0 Å². The molecule has 0 aliphatic heterocycles. The highest BCUT2D eigenvalue weighted by Crippen LogP contribution is 2.29. The van der Waals surface area contributed by atoms with Crippen molar-refractivity contribution in [3.63, 3.8) is 0 Å². The standard InChI is InChI=1S/C12H15FO3S/c1-12(2,11(14)15)17-7-8-4-5-10(16-3)9(13)6-8/h4-6H,7H2,1-3H3,(H,14,15). The molecule has 3 nitrogen and oxygen atoms in total. The number of thioether (sulfide) groups is 1. The van der Waals surface area contributed by atoms with Crippen LogP contribution in [0.1, 0.15) is 19.4 Å². The Bertz CT molecular complexity index is 418. The van der Waals surface area contributed by atoms with Gasteiger partial charge in [-0.15, -0.1) is 11.8 Å². The second-order valence-electron chi connectivity index (χ2n) is 4.07. The second kappa shape index (κ2) is 5.40. The van der Waals surface area contributed by atoms with Crippen LogP contribution in [0, 0.1) is 5.82 Å². The molecule has 0 saturated carbocycles. The molecule has 0 radical (unpaired) electrons. The van der Waals surface area contributed by atoms with Crippen LogP contribution in [0.4, 0.5) is 4.39 Å². The van der Waals surface area contributed by atoms with Gasteiger partial charge in [-0.05, 0) is 31.5 Å². The molecule has 94 valence electrons. The Kier molecular flexibility index (Phi) is 4.40. The molecule has 0 unspecified atom stereocenters. The fourth-order valence-electron chi connectivity index (χ4n) is 1.13. The topological polar surface area (TPSA) is 46.5 Å². The van der Waals surface area contributed by atoms with Crippen molar-refractivity contribution in [2.75, 3.05) is 7.11 Å². The highest BCUT2D eigenvalue weighted by molar-refractivity contribution is 8.00. The van der Waals surface area contributed by atoms with Crippen LogP contribution in [0.25, 0.3) is 0 Å². The molecule has 0 aromatic heterocycles. The number of ether oxygens (including phenoxy) is 1. The average molecular weight is 258 g/mol. The Hall–Kier alpha value is -1.23. The number of methoxy groups -OCH3 is 1. The third kappa shape index (κ3) is 3.63. The molecule has 1 aromatic carbocycles. The summed E-state index contributed by atoms with van der Waals surface area (Å²) in [6, 6.07) is 4.63. The zero-order valence-electron chi connectivity index (χ0n) is 9.99. The first kappa shape index (κ1) is 13.8. The first-order chi connectivity index (χ1) is 7.86. The summed E-state index contributed by atoms with van der Waals surface area (Å²) in [5.41, 5.74) is 0.739. The lowest BCUT2D eigenvalue weighted by Gasteiger charge is -2.18. The van der Waals surface area contributed by atoms with E-state index in [0.29, 0.717) is 5.75 Å². The molecule has 1 aromatic rings. The summed E-state index contributed by atoms with van der Waals surface area (Å²) in [7, 11) is 1.40. The molecule has 0 spiro atoms. The SMILES string of the molecule is COc1ccc(CSC(C)(C)C(=O)O)cc1F. The third-order valence-electron chi connectivity index (χ3n) is 2.33. The molecule has 0 bridgehead atoms. The molecule has 0 amide bonds. The van der Waals surface area contributed by atoms with Crippen molar-refractivity contribution in [2.24, 2.45) is 0 Å². The Balaban J connectivity index is 2.71. The normalized spacial score (nSPS) is 11.3. The van der Waals surface area contributed by atoms with Gasteiger partial charge < -0.3 is 9.84 Å². The summed E-state index contributed by atoms with van der Waals surface area (Å²) in [6.07, 6.45) is 0. The van der Waals surface area contributed by atoms with Crippen LogP contribution in [0.3, 0.4) is 0 Å². The molecule has 0 aliphatic rings. The maximum absolute atomic E-state index is 13.4.